The normalized spacial score (nSPS) is 32.5. The molecule has 2 fully saturated rings. The van der Waals surface area contributed by atoms with Crippen LogP contribution in [0.2, 0.25) is 0 Å². The minimum absolute atomic E-state index is 0.00486. The fourth-order valence-electron chi connectivity index (χ4n) is 3.57. The second-order valence-electron chi connectivity index (χ2n) is 6.14. The zero-order valence-corrected chi connectivity index (χ0v) is 12.7. The topological polar surface area (TPSA) is 47.9 Å². The number of aliphatic hydroxyl groups is 1. The first-order chi connectivity index (χ1) is 10.3. The summed E-state index contributed by atoms with van der Waals surface area (Å²) in [4.78, 5) is 0. The fraction of sp³-hybridized carbons (Fsp3) is 0.625. The molecule has 1 aromatic carbocycles. The number of hydrogen-bond acceptors (Lipinski definition) is 5. The molecular weight excluding hydrogens is 288 g/mol. The summed E-state index contributed by atoms with van der Waals surface area (Å²) in [6, 6.07) is 5.75. The van der Waals surface area contributed by atoms with Gasteiger partial charge in [0.15, 0.2) is 11.5 Å². The Bertz CT molecular complexity index is 527. The molecule has 2 saturated heterocycles. The van der Waals surface area contributed by atoms with Crippen LogP contribution in [0.1, 0.15) is 30.9 Å². The van der Waals surface area contributed by atoms with Crippen LogP contribution in [0.25, 0.3) is 0 Å². The van der Waals surface area contributed by atoms with Crippen molar-refractivity contribution in [3.63, 3.8) is 0 Å². The van der Waals surface area contributed by atoms with Gasteiger partial charge in [0.1, 0.15) is 0 Å². The minimum atomic E-state index is -0.453. The average Bonchev–Trinajstić information content (AvgIpc) is 3.15. The average molecular weight is 308 g/mol. The van der Waals surface area contributed by atoms with Gasteiger partial charge >= 0.3 is 0 Å². The summed E-state index contributed by atoms with van der Waals surface area (Å²) >= 11 is 1.96. The Morgan fingerprint density at radius 3 is 3.05 bits per heavy atom. The van der Waals surface area contributed by atoms with Crippen molar-refractivity contribution in [2.45, 2.75) is 31.0 Å². The van der Waals surface area contributed by atoms with Gasteiger partial charge in [0.25, 0.3) is 0 Å². The molecule has 5 heteroatoms. The molecule has 3 aliphatic heterocycles. The van der Waals surface area contributed by atoms with E-state index in [1.807, 2.05) is 30.0 Å². The zero-order chi connectivity index (χ0) is 14.3. The van der Waals surface area contributed by atoms with Gasteiger partial charge in [-0.25, -0.2) is 0 Å². The molecule has 3 heterocycles. The molecule has 4 nitrogen and oxygen atoms in total. The maximum Gasteiger partial charge on any atom is 0.231 e. The van der Waals surface area contributed by atoms with Gasteiger partial charge in [0, 0.05) is 12.4 Å². The molecule has 1 spiro atoms. The van der Waals surface area contributed by atoms with Gasteiger partial charge in [-0.15, -0.1) is 0 Å². The minimum Gasteiger partial charge on any atom is -0.454 e. The Balaban J connectivity index is 1.52. The quantitative estimate of drug-likeness (QED) is 0.910. The van der Waals surface area contributed by atoms with E-state index in [0.717, 1.165) is 48.7 Å². The molecule has 0 amide bonds. The predicted molar refractivity (Wildman–Crippen MR) is 80.9 cm³/mol. The van der Waals surface area contributed by atoms with Crippen LogP contribution in [0.4, 0.5) is 0 Å². The van der Waals surface area contributed by atoms with Crippen molar-refractivity contribution in [1.29, 1.82) is 0 Å². The second-order valence-corrected chi connectivity index (χ2v) is 7.25. The third-order valence-corrected chi connectivity index (χ3v) is 6.01. The number of rotatable bonds is 2. The molecule has 0 aromatic heterocycles. The molecule has 0 aliphatic carbocycles. The van der Waals surface area contributed by atoms with Crippen LogP contribution in [0.15, 0.2) is 18.2 Å². The Labute approximate surface area is 128 Å². The number of ether oxygens (including phenoxy) is 3. The maximum atomic E-state index is 10.8. The van der Waals surface area contributed by atoms with E-state index in [2.05, 4.69) is 0 Å². The standard InChI is InChI=1S/C16H20O4S/c17-15(11-1-2-13-14(7-11)19-10-18-13)12-3-5-20-16(8-12)4-6-21-9-16/h1-2,7,12,15,17H,3-6,8-10H2. The number of fused-ring (bicyclic) bond motifs is 1. The lowest BCUT2D eigenvalue weighted by molar-refractivity contribution is -0.102. The number of hydrogen-bond donors (Lipinski definition) is 1. The number of benzene rings is 1. The fourth-order valence-corrected chi connectivity index (χ4v) is 4.95. The lowest BCUT2D eigenvalue weighted by Gasteiger charge is -2.39. The third kappa shape index (κ3) is 2.51. The van der Waals surface area contributed by atoms with Crippen molar-refractivity contribution in [3.8, 4) is 11.5 Å². The van der Waals surface area contributed by atoms with Crippen LogP contribution in [0.5, 0.6) is 11.5 Å². The molecule has 4 rings (SSSR count). The summed E-state index contributed by atoms with van der Waals surface area (Å²) in [7, 11) is 0. The maximum absolute atomic E-state index is 10.8. The largest absolute Gasteiger partial charge is 0.454 e. The number of aliphatic hydroxyl groups excluding tert-OH is 1. The van der Waals surface area contributed by atoms with Crippen LogP contribution < -0.4 is 9.47 Å². The van der Waals surface area contributed by atoms with Crippen LogP contribution in [-0.4, -0.2) is 35.6 Å². The van der Waals surface area contributed by atoms with E-state index in [4.69, 9.17) is 14.2 Å². The van der Waals surface area contributed by atoms with Crippen LogP contribution in [0, 0.1) is 5.92 Å². The van der Waals surface area contributed by atoms with Gasteiger partial charge in [-0.3, -0.25) is 0 Å². The molecule has 0 radical (unpaired) electrons. The SMILES string of the molecule is OC(c1ccc2c(c1)OCO2)C1CCOC2(CCSC2)C1. The molecule has 1 aromatic rings. The molecule has 21 heavy (non-hydrogen) atoms. The van der Waals surface area contributed by atoms with E-state index in [-0.39, 0.29) is 18.3 Å². The van der Waals surface area contributed by atoms with E-state index in [1.54, 1.807) is 0 Å². The lowest BCUT2D eigenvalue weighted by Crippen LogP contribution is -2.41. The smallest absolute Gasteiger partial charge is 0.231 e. The van der Waals surface area contributed by atoms with Crippen LogP contribution >= 0.6 is 11.8 Å². The first-order valence-corrected chi connectivity index (χ1v) is 8.71. The highest BCUT2D eigenvalue weighted by Gasteiger charge is 2.42. The van der Waals surface area contributed by atoms with Gasteiger partial charge < -0.3 is 19.3 Å². The molecule has 0 bridgehead atoms. The highest BCUT2D eigenvalue weighted by molar-refractivity contribution is 7.99. The molecule has 3 unspecified atom stereocenters. The van der Waals surface area contributed by atoms with Crippen LogP contribution in [-0.2, 0) is 4.74 Å². The Kier molecular flexibility index (Phi) is 3.52. The zero-order valence-electron chi connectivity index (χ0n) is 11.9. The Morgan fingerprint density at radius 2 is 2.19 bits per heavy atom. The van der Waals surface area contributed by atoms with Gasteiger partial charge in [0.2, 0.25) is 6.79 Å². The van der Waals surface area contributed by atoms with Gasteiger partial charge in [-0.05, 0) is 48.6 Å². The third-order valence-electron chi connectivity index (χ3n) is 4.78. The van der Waals surface area contributed by atoms with E-state index in [9.17, 15) is 5.11 Å². The molecule has 1 N–H and O–H groups in total. The van der Waals surface area contributed by atoms with E-state index < -0.39 is 6.10 Å². The lowest BCUT2D eigenvalue weighted by atomic mass is 9.80. The number of thioether (sulfide) groups is 1. The van der Waals surface area contributed by atoms with Crippen molar-refractivity contribution >= 4 is 11.8 Å². The van der Waals surface area contributed by atoms with Gasteiger partial charge in [-0.2, -0.15) is 11.8 Å². The molecule has 0 saturated carbocycles. The van der Waals surface area contributed by atoms with Crippen molar-refractivity contribution in [2.24, 2.45) is 5.92 Å². The molecule has 3 aliphatic rings. The summed E-state index contributed by atoms with van der Waals surface area (Å²) < 4.78 is 16.8. The van der Waals surface area contributed by atoms with Crippen LogP contribution in [0.3, 0.4) is 0 Å². The van der Waals surface area contributed by atoms with Crippen molar-refractivity contribution in [3.05, 3.63) is 23.8 Å². The Hall–Kier alpha value is -0.910. The molecular formula is C16H20O4S. The summed E-state index contributed by atoms with van der Waals surface area (Å²) in [5.74, 6) is 4.01. The van der Waals surface area contributed by atoms with E-state index >= 15 is 0 Å². The predicted octanol–water partition coefficient (Wildman–Crippen LogP) is 2.75. The first kappa shape index (κ1) is 13.7. The first-order valence-electron chi connectivity index (χ1n) is 7.55. The van der Waals surface area contributed by atoms with Crippen molar-refractivity contribution in [1.82, 2.24) is 0 Å². The van der Waals surface area contributed by atoms with Gasteiger partial charge in [-0.1, -0.05) is 6.07 Å². The monoisotopic (exact) mass is 308 g/mol. The van der Waals surface area contributed by atoms with E-state index in [0.29, 0.717) is 0 Å². The molecule has 3 atom stereocenters. The highest BCUT2D eigenvalue weighted by Crippen LogP contribution is 2.45. The summed E-state index contributed by atoms with van der Waals surface area (Å²) in [6.07, 6.45) is 2.53. The van der Waals surface area contributed by atoms with Crippen molar-refractivity contribution in [2.75, 3.05) is 24.9 Å². The summed E-state index contributed by atoms with van der Waals surface area (Å²) in [5, 5.41) is 10.8. The Morgan fingerprint density at radius 1 is 1.29 bits per heavy atom. The van der Waals surface area contributed by atoms with E-state index in [1.165, 1.54) is 5.75 Å². The summed E-state index contributed by atoms with van der Waals surface area (Å²) in [5.41, 5.74) is 0.928. The molecule has 114 valence electrons. The highest BCUT2D eigenvalue weighted by atomic mass is 32.2. The van der Waals surface area contributed by atoms with Gasteiger partial charge in [0.05, 0.1) is 11.7 Å². The second kappa shape index (κ2) is 5.38. The van der Waals surface area contributed by atoms with Crippen molar-refractivity contribution < 1.29 is 19.3 Å². The summed E-state index contributed by atoms with van der Waals surface area (Å²) in [6.45, 7) is 1.03.